The number of unbranched alkanes of at least 4 members (excludes halogenated alkanes) is 2. The molecule has 0 heterocycles. The molecule has 0 fully saturated rings. The number of benzene rings is 1. The third-order valence-electron chi connectivity index (χ3n) is 3.51. The number of hydrogen-bond donors (Lipinski definition) is 3. The third-order valence-corrected chi connectivity index (χ3v) is 3.51. The molecule has 0 aliphatic heterocycles. The number of nitrogens with one attached hydrogen (secondary N) is 2. The molecule has 132 valence electrons. The van der Waals surface area contributed by atoms with E-state index >= 15 is 0 Å². The summed E-state index contributed by atoms with van der Waals surface area (Å²) >= 11 is 0. The number of carbonyl (C=O) groups is 3. The Morgan fingerprint density at radius 1 is 1.08 bits per heavy atom. The van der Waals surface area contributed by atoms with E-state index in [-0.39, 0.29) is 18.9 Å². The van der Waals surface area contributed by atoms with Gasteiger partial charge in [0.05, 0.1) is 0 Å². The molecule has 0 spiro atoms. The first-order chi connectivity index (χ1) is 11.4. The Bertz CT molecular complexity index is 587. The average molecular weight is 335 g/mol. The maximum atomic E-state index is 11.8. The van der Waals surface area contributed by atoms with Crippen LogP contribution in [0.1, 0.15) is 36.8 Å². The first-order valence-corrected chi connectivity index (χ1v) is 7.94. The van der Waals surface area contributed by atoms with Crippen molar-refractivity contribution in [2.45, 2.75) is 39.5 Å². The van der Waals surface area contributed by atoms with Crippen molar-refractivity contribution in [3.8, 4) is 0 Å². The first-order valence-electron chi connectivity index (χ1n) is 7.94. The summed E-state index contributed by atoms with van der Waals surface area (Å²) in [7, 11) is 0. The molecule has 0 unspecified atom stereocenters. The van der Waals surface area contributed by atoms with Crippen LogP contribution in [-0.2, 0) is 14.3 Å². The topological polar surface area (TPSA) is 111 Å². The number of urea groups is 1. The van der Waals surface area contributed by atoms with Gasteiger partial charge in [-0.05, 0) is 49.9 Å². The first kappa shape index (κ1) is 19.5. The minimum Gasteiger partial charge on any atom is -0.456 e. The normalized spacial score (nSPS) is 10.1. The highest BCUT2D eigenvalue weighted by Gasteiger charge is 2.08. The Morgan fingerprint density at radius 2 is 1.83 bits per heavy atom. The maximum Gasteiger partial charge on any atom is 0.312 e. The van der Waals surface area contributed by atoms with Crippen LogP contribution in [0.5, 0.6) is 0 Å². The molecule has 1 rings (SSSR count). The lowest BCUT2D eigenvalue weighted by molar-refractivity contribution is -0.147. The van der Waals surface area contributed by atoms with Crippen LogP contribution in [0.4, 0.5) is 10.5 Å². The summed E-state index contributed by atoms with van der Waals surface area (Å²) in [5, 5.41) is 5.17. The molecule has 1 aromatic rings. The molecular weight excluding hydrogens is 310 g/mol. The Kier molecular flexibility index (Phi) is 8.32. The molecule has 24 heavy (non-hydrogen) atoms. The number of carbonyl (C=O) groups excluding carboxylic acids is 3. The van der Waals surface area contributed by atoms with E-state index in [9.17, 15) is 14.4 Å². The maximum absolute atomic E-state index is 11.8. The van der Waals surface area contributed by atoms with Crippen LogP contribution in [0.25, 0.3) is 0 Å². The van der Waals surface area contributed by atoms with Crippen LogP contribution < -0.4 is 16.4 Å². The van der Waals surface area contributed by atoms with E-state index < -0.39 is 12.0 Å². The zero-order valence-electron chi connectivity index (χ0n) is 14.2. The van der Waals surface area contributed by atoms with E-state index in [2.05, 4.69) is 10.6 Å². The van der Waals surface area contributed by atoms with Crippen molar-refractivity contribution in [3.05, 3.63) is 29.3 Å². The van der Waals surface area contributed by atoms with Crippen molar-refractivity contribution >= 4 is 23.6 Å². The predicted molar refractivity (Wildman–Crippen MR) is 91.6 cm³/mol. The van der Waals surface area contributed by atoms with E-state index in [1.54, 1.807) is 0 Å². The Hall–Kier alpha value is -2.57. The summed E-state index contributed by atoms with van der Waals surface area (Å²) in [6.45, 7) is 4.15. The molecule has 0 saturated heterocycles. The zero-order chi connectivity index (χ0) is 17.9. The minimum absolute atomic E-state index is 0.244. The van der Waals surface area contributed by atoms with Gasteiger partial charge in [-0.25, -0.2) is 4.79 Å². The van der Waals surface area contributed by atoms with E-state index in [1.807, 2.05) is 32.0 Å². The van der Waals surface area contributed by atoms with Gasteiger partial charge in [-0.15, -0.1) is 0 Å². The quantitative estimate of drug-likeness (QED) is 0.473. The average Bonchev–Trinajstić information content (AvgIpc) is 2.52. The number of hydrogen-bond acceptors (Lipinski definition) is 4. The standard InChI is InChI=1S/C17H25N3O4/c1-12-7-8-14(10-13(12)2)20-15(21)11-24-16(22)6-4-3-5-9-19-17(18)23/h7-8,10H,3-6,9,11H2,1-2H3,(H,20,21)(H3,18,19,23). The summed E-state index contributed by atoms with van der Waals surface area (Å²) in [4.78, 5) is 33.8. The lowest BCUT2D eigenvalue weighted by Crippen LogP contribution is -2.29. The highest BCUT2D eigenvalue weighted by Crippen LogP contribution is 2.14. The smallest absolute Gasteiger partial charge is 0.312 e. The number of nitrogens with two attached hydrogens (primary N) is 1. The zero-order valence-corrected chi connectivity index (χ0v) is 14.2. The van der Waals surface area contributed by atoms with E-state index in [1.165, 1.54) is 0 Å². The molecule has 3 amide bonds. The van der Waals surface area contributed by atoms with Crippen LogP contribution in [-0.4, -0.2) is 31.1 Å². The molecule has 1 aromatic carbocycles. The van der Waals surface area contributed by atoms with Crippen LogP contribution in [0.2, 0.25) is 0 Å². The fraction of sp³-hybridized carbons (Fsp3) is 0.471. The molecule has 7 heteroatoms. The van der Waals surface area contributed by atoms with E-state index in [0.717, 1.165) is 24.0 Å². The fourth-order valence-corrected chi connectivity index (χ4v) is 2.02. The largest absolute Gasteiger partial charge is 0.456 e. The summed E-state index contributed by atoms with van der Waals surface area (Å²) in [6.07, 6.45) is 2.39. The highest BCUT2D eigenvalue weighted by molar-refractivity contribution is 5.92. The molecule has 0 bridgehead atoms. The van der Waals surface area contributed by atoms with Crippen molar-refractivity contribution < 1.29 is 19.1 Å². The van der Waals surface area contributed by atoms with Crippen LogP contribution >= 0.6 is 0 Å². The number of ether oxygens (including phenoxy) is 1. The van der Waals surface area contributed by atoms with Crippen LogP contribution in [0.15, 0.2) is 18.2 Å². The Balaban J connectivity index is 2.16. The number of anilines is 1. The third kappa shape index (κ3) is 8.17. The molecule has 0 radical (unpaired) electrons. The second-order valence-electron chi connectivity index (χ2n) is 5.61. The molecule has 0 atom stereocenters. The molecule has 4 N–H and O–H groups in total. The van der Waals surface area contributed by atoms with Gasteiger partial charge in [0, 0.05) is 18.7 Å². The molecule has 0 aliphatic rings. The van der Waals surface area contributed by atoms with E-state index in [0.29, 0.717) is 18.7 Å². The van der Waals surface area contributed by atoms with E-state index in [4.69, 9.17) is 10.5 Å². The number of amides is 3. The molecule has 0 saturated carbocycles. The van der Waals surface area contributed by atoms with Crippen LogP contribution in [0, 0.1) is 13.8 Å². The van der Waals surface area contributed by atoms with Gasteiger partial charge in [0.25, 0.3) is 5.91 Å². The van der Waals surface area contributed by atoms with Gasteiger partial charge in [0.2, 0.25) is 0 Å². The fourth-order valence-electron chi connectivity index (χ4n) is 2.02. The monoisotopic (exact) mass is 335 g/mol. The van der Waals surface area contributed by atoms with Crippen LogP contribution in [0.3, 0.4) is 0 Å². The summed E-state index contributed by atoms with van der Waals surface area (Å²) in [5.41, 5.74) is 7.84. The summed E-state index contributed by atoms with van der Waals surface area (Å²) in [5.74, 6) is -0.773. The highest BCUT2D eigenvalue weighted by atomic mass is 16.5. The van der Waals surface area contributed by atoms with Crippen molar-refractivity contribution in [2.75, 3.05) is 18.5 Å². The van der Waals surface area contributed by atoms with Crippen molar-refractivity contribution in [1.82, 2.24) is 5.32 Å². The van der Waals surface area contributed by atoms with Gasteiger partial charge in [-0.3, -0.25) is 9.59 Å². The minimum atomic E-state index is -0.552. The summed E-state index contributed by atoms with van der Waals surface area (Å²) in [6, 6.07) is 5.05. The number of primary amides is 1. The predicted octanol–water partition coefficient (Wildman–Crippen LogP) is 2.01. The van der Waals surface area contributed by atoms with Gasteiger partial charge < -0.3 is 21.1 Å². The van der Waals surface area contributed by atoms with Gasteiger partial charge in [-0.1, -0.05) is 12.5 Å². The number of esters is 1. The second-order valence-corrected chi connectivity index (χ2v) is 5.61. The number of aryl methyl sites for hydroxylation is 2. The molecular formula is C17H25N3O4. The van der Waals surface area contributed by atoms with Gasteiger partial charge in [0.1, 0.15) is 0 Å². The van der Waals surface area contributed by atoms with Gasteiger partial charge in [0.15, 0.2) is 6.61 Å². The van der Waals surface area contributed by atoms with Crippen molar-refractivity contribution in [3.63, 3.8) is 0 Å². The SMILES string of the molecule is Cc1ccc(NC(=O)COC(=O)CCCCCNC(N)=O)cc1C. The molecule has 7 nitrogen and oxygen atoms in total. The lowest BCUT2D eigenvalue weighted by atomic mass is 10.1. The van der Waals surface area contributed by atoms with Crippen molar-refractivity contribution in [1.29, 1.82) is 0 Å². The van der Waals surface area contributed by atoms with Crippen molar-refractivity contribution in [2.24, 2.45) is 5.73 Å². The molecule has 0 aliphatic carbocycles. The summed E-state index contributed by atoms with van der Waals surface area (Å²) < 4.78 is 4.93. The Labute approximate surface area is 141 Å². The molecule has 0 aromatic heterocycles. The number of rotatable bonds is 9. The lowest BCUT2D eigenvalue weighted by Gasteiger charge is -2.08. The second kappa shape index (κ2) is 10.3. The van der Waals surface area contributed by atoms with Gasteiger partial charge in [-0.2, -0.15) is 0 Å². The van der Waals surface area contributed by atoms with Gasteiger partial charge >= 0.3 is 12.0 Å². The Morgan fingerprint density at radius 3 is 2.50 bits per heavy atom.